The summed E-state index contributed by atoms with van der Waals surface area (Å²) in [6.45, 7) is 4.83. The van der Waals surface area contributed by atoms with Crippen molar-refractivity contribution in [1.29, 1.82) is 0 Å². The van der Waals surface area contributed by atoms with E-state index in [4.69, 9.17) is 11.6 Å². The molecule has 1 aromatic heterocycles. The molecule has 0 aliphatic carbocycles. The van der Waals surface area contributed by atoms with Crippen molar-refractivity contribution >= 4 is 28.5 Å². The molecule has 3 aromatic rings. The number of carbonyl (C=O) groups is 1. The summed E-state index contributed by atoms with van der Waals surface area (Å²) < 4.78 is 3.40. The average molecular weight is 372 g/mol. The minimum atomic E-state index is -0.117. The van der Waals surface area contributed by atoms with Gasteiger partial charge in [0.15, 0.2) is 0 Å². The van der Waals surface area contributed by atoms with Gasteiger partial charge in [-0.1, -0.05) is 35.9 Å². The van der Waals surface area contributed by atoms with Crippen LogP contribution in [-0.4, -0.2) is 15.0 Å². The minimum Gasteiger partial charge on any atom is -0.350 e. The number of halogens is 1. The maximum atomic E-state index is 12.6. The van der Waals surface area contributed by atoms with Gasteiger partial charge in [-0.05, 0) is 43.7 Å². The predicted octanol–water partition coefficient (Wildman–Crippen LogP) is 3.74. The number of aryl methyl sites for hydroxylation is 2. The molecule has 0 unspecified atom stereocenters. The van der Waals surface area contributed by atoms with E-state index in [-0.39, 0.29) is 24.1 Å². The molecule has 26 heavy (non-hydrogen) atoms. The second kappa shape index (κ2) is 7.79. The van der Waals surface area contributed by atoms with E-state index in [2.05, 4.69) is 5.32 Å². The molecule has 0 aliphatic rings. The van der Waals surface area contributed by atoms with Crippen molar-refractivity contribution in [2.45, 2.75) is 39.4 Å². The summed E-state index contributed by atoms with van der Waals surface area (Å²) in [5.74, 6) is -0.0901. The van der Waals surface area contributed by atoms with E-state index in [1.165, 1.54) is 0 Å². The van der Waals surface area contributed by atoms with Crippen molar-refractivity contribution in [2.75, 3.05) is 0 Å². The summed E-state index contributed by atoms with van der Waals surface area (Å²) in [6.07, 6.45) is 0.246. The summed E-state index contributed by atoms with van der Waals surface area (Å²) in [5, 5.41) is 3.64. The predicted molar refractivity (Wildman–Crippen MR) is 104 cm³/mol. The van der Waals surface area contributed by atoms with Crippen LogP contribution in [0.15, 0.2) is 53.3 Å². The van der Waals surface area contributed by atoms with Crippen molar-refractivity contribution in [3.05, 3.63) is 69.6 Å². The Morgan fingerprint density at radius 2 is 1.69 bits per heavy atom. The molecule has 0 saturated heterocycles. The number of benzene rings is 2. The molecule has 6 heteroatoms. The van der Waals surface area contributed by atoms with Crippen LogP contribution in [0, 0.1) is 0 Å². The Kier molecular flexibility index (Phi) is 5.47. The van der Waals surface area contributed by atoms with Crippen LogP contribution in [0.2, 0.25) is 5.02 Å². The standard InChI is InChI=1S/C20H22ClN3O2/c1-3-23-17-6-4-5-7-18(17)24(20(23)26)13-12-19(25)22-14(2)15-8-10-16(21)11-9-15/h4-11,14H,3,12-13H2,1-2H3,(H,22,25)/t14-/m1/s1. The zero-order chi connectivity index (χ0) is 18.7. The molecule has 5 nitrogen and oxygen atoms in total. The van der Waals surface area contributed by atoms with E-state index in [9.17, 15) is 9.59 Å². The molecule has 0 saturated carbocycles. The van der Waals surface area contributed by atoms with Gasteiger partial charge in [0.1, 0.15) is 0 Å². The van der Waals surface area contributed by atoms with Crippen LogP contribution < -0.4 is 11.0 Å². The molecule has 136 valence electrons. The number of nitrogens with zero attached hydrogens (tertiary/aromatic N) is 2. The van der Waals surface area contributed by atoms with E-state index in [1.54, 1.807) is 21.3 Å². The topological polar surface area (TPSA) is 56.0 Å². The maximum absolute atomic E-state index is 12.6. The number of imidazole rings is 1. The van der Waals surface area contributed by atoms with Gasteiger partial charge in [-0.15, -0.1) is 0 Å². The van der Waals surface area contributed by atoms with E-state index < -0.39 is 0 Å². The van der Waals surface area contributed by atoms with Gasteiger partial charge in [0.2, 0.25) is 5.91 Å². The van der Waals surface area contributed by atoms with Gasteiger partial charge < -0.3 is 5.32 Å². The molecule has 0 aliphatic heterocycles. The van der Waals surface area contributed by atoms with Crippen LogP contribution >= 0.6 is 11.6 Å². The van der Waals surface area contributed by atoms with Gasteiger partial charge in [0.25, 0.3) is 0 Å². The summed E-state index contributed by atoms with van der Waals surface area (Å²) in [5.41, 5.74) is 2.67. The number of rotatable bonds is 6. The monoisotopic (exact) mass is 371 g/mol. The Hall–Kier alpha value is -2.53. The number of fused-ring (bicyclic) bond motifs is 1. The largest absolute Gasteiger partial charge is 0.350 e. The summed E-state index contributed by atoms with van der Waals surface area (Å²) in [6, 6.07) is 14.9. The fourth-order valence-corrected chi connectivity index (χ4v) is 3.28. The number of hydrogen-bond donors (Lipinski definition) is 1. The lowest BCUT2D eigenvalue weighted by molar-refractivity contribution is -0.121. The molecule has 0 spiro atoms. The van der Waals surface area contributed by atoms with Crippen LogP contribution in [-0.2, 0) is 17.9 Å². The number of carbonyl (C=O) groups excluding carboxylic acids is 1. The van der Waals surface area contributed by atoms with Gasteiger partial charge in [-0.2, -0.15) is 0 Å². The van der Waals surface area contributed by atoms with Crippen LogP contribution in [0.3, 0.4) is 0 Å². The Labute approximate surface area is 157 Å². The number of para-hydroxylation sites is 2. The third-order valence-electron chi connectivity index (χ3n) is 4.55. The number of amides is 1. The van der Waals surface area contributed by atoms with Gasteiger partial charge in [-0.3, -0.25) is 13.9 Å². The van der Waals surface area contributed by atoms with Gasteiger partial charge in [-0.25, -0.2) is 4.79 Å². The SMILES string of the molecule is CCn1c(=O)n(CCC(=O)N[C@H](C)c2ccc(Cl)cc2)c2ccccc21. The van der Waals surface area contributed by atoms with Gasteiger partial charge >= 0.3 is 5.69 Å². The first kappa shape index (κ1) is 18.3. The lowest BCUT2D eigenvalue weighted by atomic mass is 10.1. The van der Waals surface area contributed by atoms with E-state index >= 15 is 0 Å². The molecule has 0 fully saturated rings. The van der Waals surface area contributed by atoms with Crippen molar-refractivity contribution in [3.8, 4) is 0 Å². The highest BCUT2D eigenvalue weighted by atomic mass is 35.5. The molecule has 3 rings (SSSR count). The number of nitrogens with one attached hydrogen (secondary N) is 1. The number of aromatic nitrogens is 2. The molecule has 1 heterocycles. The highest BCUT2D eigenvalue weighted by Crippen LogP contribution is 2.16. The summed E-state index contributed by atoms with van der Waals surface area (Å²) in [4.78, 5) is 24.9. The lowest BCUT2D eigenvalue weighted by Crippen LogP contribution is -2.30. The van der Waals surface area contributed by atoms with E-state index in [0.717, 1.165) is 16.6 Å². The molecular formula is C20H22ClN3O2. The Bertz CT molecular complexity index is 973. The first-order valence-electron chi connectivity index (χ1n) is 8.74. The van der Waals surface area contributed by atoms with Crippen LogP contribution in [0.5, 0.6) is 0 Å². The minimum absolute atomic E-state index is 0.0766. The number of hydrogen-bond acceptors (Lipinski definition) is 2. The van der Waals surface area contributed by atoms with Crippen LogP contribution in [0.1, 0.15) is 31.9 Å². The van der Waals surface area contributed by atoms with Crippen LogP contribution in [0.25, 0.3) is 11.0 Å². The molecule has 1 amide bonds. The normalized spacial score (nSPS) is 12.3. The summed E-state index contributed by atoms with van der Waals surface area (Å²) in [7, 11) is 0. The molecule has 1 atom stereocenters. The quantitative estimate of drug-likeness (QED) is 0.717. The maximum Gasteiger partial charge on any atom is 0.329 e. The van der Waals surface area contributed by atoms with Crippen molar-refractivity contribution < 1.29 is 4.79 Å². The van der Waals surface area contributed by atoms with Crippen molar-refractivity contribution in [2.24, 2.45) is 0 Å². The van der Waals surface area contributed by atoms with Crippen molar-refractivity contribution in [1.82, 2.24) is 14.5 Å². The Balaban J connectivity index is 1.70. The third kappa shape index (κ3) is 3.68. The highest BCUT2D eigenvalue weighted by Gasteiger charge is 2.14. The molecule has 2 aromatic carbocycles. The Morgan fingerprint density at radius 3 is 2.31 bits per heavy atom. The van der Waals surface area contributed by atoms with Gasteiger partial charge in [0, 0.05) is 24.5 Å². The summed E-state index contributed by atoms with van der Waals surface area (Å²) >= 11 is 5.89. The first-order valence-corrected chi connectivity index (χ1v) is 9.12. The van der Waals surface area contributed by atoms with E-state index in [0.29, 0.717) is 18.1 Å². The average Bonchev–Trinajstić information content (AvgIpc) is 2.91. The lowest BCUT2D eigenvalue weighted by Gasteiger charge is -2.14. The molecule has 0 bridgehead atoms. The second-order valence-corrected chi connectivity index (χ2v) is 6.69. The zero-order valence-electron chi connectivity index (χ0n) is 14.9. The second-order valence-electron chi connectivity index (χ2n) is 6.26. The van der Waals surface area contributed by atoms with Gasteiger partial charge in [0.05, 0.1) is 17.1 Å². The molecule has 1 N–H and O–H groups in total. The highest BCUT2D eigenvalue weighted by molar-refractivity contribution is 6.30. The van der Waals surface area contributed by atoms with E-state index in [1.807, 2.05) is 50.2 Å². The first-order chi connectivity index (χ1) is 12.5. The Morgan fingerprint density at radius 1 is 1.08 bits per heavy atom. The molecular weight excluding hydrogens is 350 g/mol. The van der Waals surface area contributed by atoms with Crippen molar-refractivity contribution in [3.63, 3.8) is 0 Å². The smallest absolute Gasteiger partial charge is 0.329 e. The fourth-order valence-electron chi connectivity index (χ4n) is 3.16. The molecule has 0 radical (unpaired) electrons. The fraction of sp³-hybridized carbons (Fsp3) is 0.300. The van der Waals surface area contributed by atoms with Crippen LogP contribution in [0.4, 0.5) is 0 Å². The third-order valence-corrected chi connectivity index (χ3v) is 4.80. The zero-order valence-corrected chi connectivity index (χ0v) is 15.7.